The molecule has 2 aromatic carbocycles. The van der Waals surface area contributed by atoms with Crippen LogP contribution in [-0.4, -0.2) is 88.4 Å². The van der Waals surface area contributed by atoms with Crippen molar-refractivity contribution in [3.63, 3.8) is 0 Å². The molecule has 0 unspecified atom stereocenters. The van der Waals surface area contributed by atoms with E-state index in [1.165, 1.54) is 39.2 Å². The summed E-state index contributed by atoms with van der Waals surface area (Å²) in [4.78, 5) is 41.2. The number of nitrogens with zero attached hydrogens (tertiary/aromatic N) is 2. The minimum Gasteiger partial charge on any atom is -0.492 e. The van der Waals surface area contributed by atoms with Crippen LogP contribution in [0.15, 0.2) is 36.4 Å². The fraction of sp³-hybridized carbons (Fsp3) is 0.610. The minimum atomic E-state index is -3.98. The predicted molar refractivity (Wildman–Crippen MR) is 215 cm³/mol. The van der Waals surface area contributed by atoms with Gasteiger partial charge in [0, 0.05) is 63.0 Å². The van der Waals surface area contributed by atoms with Gasteiger partial charge in [-0.2, -0.15) is 9.57 Å². The van der Waals surface area contributed by atoms with Gasteiger partial charge < -0.3 is 31.6 Å². The fourth-order valence-corrected chi connectivity index (χ4v) is 7.95. The van der Waals surface area contributed by atoms with Gasteiger partial charge >= 0.3 is 0 Å². The number of benzene rings is 2. The number of nitriles is 1. The molecule has 0 saturated carbocycles. The summed E-state index contributed by atoms with van der Waals surface area (Å²) in [5, 5.41) is 15.2. The third kappa shape index (κ3) is 14.3. The predicted octanol–water partition coefficient (Wildman–Crippen LogP) is 4.57. The van der Waals surface area contributed by atoms with Crippen LogP contribution in [0.5, 0.6) is 11.5 Å². The van der Waals surface area contributed by atoms with Crippen molar-refractivity contribution < 1.29 is 32.3 Å². The van der Waals surface area contributed by atoms with E-state index in [0.29, 0.717) is 40.3 Å². The molecular weight excluding hydrogens is 721 g/mol. The van der Waals surface area contributed by atoms with E-state index in [1.807, 2.05) is 12.1 Å². The highest BCUT2D eigenvalue weighted by Gasteiger charge is 2.36. The highest BCUT2D eigenvalue weighted by Crippen LogP contribution is 2.41. The number of Topliss-reactive ketones (excluding diaryl/α,β-unsaturated/α-hetero) is 2. The van der Waals surface area contributed by atoms with E-state index in [-0.39, 0.29) is 70.1 Å². The van der Waals surface area contributed by atoms with Crippen LogP contribution < -0.4 is 31.6 Å². The molecular formula is C41H62N6O7S. The van der Waals surface area contributed by atoms with Crippen LogP contribution >= 0.6 is 0 Å². The first-order valence-corrected chi connectivity index (χ1v) is 21.4. The van der Waals surface area contributed by atoms with Crippen LogP contribution in [0.1, 0.15) is 102 Å². The Bertz CT molecular complexity index is 1700. The van der Waals surface area contributed by atoms with Gasteiger partial charge in [0.05, 0.1) is 17.9 Å². The molecule has 3 rings (SSSR count). The molecule has 13 nitrogen and oxygen atoms in total. The number of rotatable bonds is 23. The summed E-state index contributed by atoms with van der Waals surface area (Å²) in [5.74, 6) is -1.56. The van der Waals surface area contributed by atoms with Crippen LogP contribution in [0.2, 0.25) is 0 Å². The molecule has 0 radical (unpaired) electrons. The van der Waals surface area contributed by atoms with Crippen molar-refractivity contribution in [2.45, 2.75) is 103 Å². The first-order valence-electron chi connectivity index (χ1n) is 19.8. The molecule has 6 N–H and O–H groups in total. The summed E-state index contributed by atoms with van der Waals surface area (Å²) >= 11 is 0. The Kier molecular flexibility index (Phi) is 19.8. The topological polar surface area (TPSA) is 207 Å². The number of hydrogen-bond acceptors (Lipinski definition) is 11. The Hall–Kier alpha value is -3.87. The number of ketones is 2. The second-order valence-electron chi connectivity index (χ2n) is 14.3. The summed E-state index contributed by atoms with van der Waals surface area (Å²) < 4.78 is 41.0. The van der Waals surface area contributed by atoms with E-state index >= 15 is 0 Å². The largest absolute Gasteiger partial charge is 0.492 e. The number of ether oxygens (including phenoxy) is 2. The number of fused-ring (bicyclic) bond motifs is 5. The summed E-state index contributed by atoms with van der Waals surface area (Å²) in [5.41, 5.74) is 13.8. The summed E-state index contributed by atoms with van der Waals surface area (Å²) in [6, 6.07) is 10.2. The average molecular weight is 783 g/mol. The number of nitrogens with two attached hydrogens (primary N) is 2. The molecule has 1 amide bonds. The minimum absolute atomic E-state index is 0.0117. The van der Waals surface area contributed by atoms with Gasteiger partial charge in [-0.25, -0.2) is 8.42 Å². The van der Waals surface area contributed by atoms with Crippen molar-refractivity contribution >= 4 is 27.5 Å². The highest BCUT2D eigenvalue weighted by atomic mass is 32.2. The Morgan fingerprint density at radius 2 is 1.55 bits per heavy atom. The van der Waals surface area contributed by atoms with Gasteiger partial charge in [-0.05, 0) is 54.8 Å². The molecule has 14 heteroatoms. The fourth-order valence-electron chi connectivity index (χ4n) is 6.70. The van der Waals surface area contributed by atoms with E-state index in [4.69, 9.17) is 26.2 Å². The number of hydrogen-bond donors (Lipinski definition) is 4. The monoisotopic (exact) mass is 782 g/mol. The molecule has 0 spiro atoms. The van der Waals surface area contributed by atoms with Gasteiger partial charge in [0.25, 0.3) is 0 Å². The SMILES string of the molecule is CCCCCCCCCCNCCS(=O)(=O)N(C)[C@@H]1C(=O)C[C@@H](C)C(=O)N[C@H](C(=O)CCC#N)Cc2ccc(OCCN)c(c2)-c2cc1ccc2OCCN. The maximum Gasteiger partial charge on any atom is 0.223 e. The number of unbranched alkanes of at least 4 members (excludes halogenated alkanes) is 7. The van der Waals surface area contributed by atoms with Gasteiger partial charge in [-0.1, -0.05) is 70.9 Å². The number of sulfonamides is 1. The first kappa shape index (κ1) is 45.5. The van der Waals surface area contributed by atoms with Gasteiger partial charge in [0.1, 0.15) is 30.8 Å². The molecule has 1 heterocycles. The van der Waals surface area contributed by atoms with E-state index in [9.17, 15) is 22.8 Å². The lowest BCUT2D eigenvalue weighted by atomic mass is 9.90. The first-order chi connectivity index (χ1) is 26.5. The van der Waals surface area contributed by atoms with Gasteiger partial charge in [0.2, 0.25) is 15.9 Å². The third-order valence-corrected chi connectivity index (χ3v) is 11.6. The van der Waals surface area contributed by atoms with Crippen molar-refractivity contribution in [2.24, 2.45) is 17.4 Å². The Balaban J connectivity index is 2.02. The second-order valence-corrected chi connectivity index (χ2v) is 16.4. The molecule has 304 valence electrons. The molecule has 0 aliphatic carbocycles. The molecule has 1 aliphatic rings. The van der Waals surface area contributed by atoms with Crippen molar-refractivity contribution in [1.29, 1.82) is 5.26 Å². The van der Waals surface area contributed by atoms with Crippen LogP contribution in [0.25, 0.3) is 11.1 Å². The molecule has 0 saturated heterocycles. The summed E-state index contributed by atoms with van der Waals surface area (Å²) in [7, 11) is -2.59. The maximum atomic E-state index is 14.3. The standard InChI is InChI=1S/C41H62N6O7S/c1-4-5-6-7-8-9-10-11-21-45-22-25-55(51,52)47(3)40-32-15-17-39(54-24-20-44)34(29-32)33-27-31(14-16-38(33)53-23-19-43)28-35(36(48)13-12-18-42)46-41(50)30(2)26-37(40)49/h14-17,27,29-30,35,40,45H,4-13,19-26,28,43-44H2,1-3H3,(H,46,50)/t30-,35+,40+/m1/s1. The van der Waals surface area contributed by atoms with Crippen LogP contribution in [0, 0.1) is 17.2 Å². The van der Waals surface area contributed by atoms with E-state index in [1.54, 1.807) is 37.3 Å². The number of nitrogens with one attached hydrogen (secondary N) is 2. The number of carbonyl (C=O) groups excluding carboxylic acids is 3. The smallest absolute Gasteiger partial charge is 0.223 e. The second kappa shape index (κ2) is 23.9. The van der Waals surface area contributed by atoms with E-state index in [2.05, 4.69) is 17.6 Å². The van der Waals surface area contributed by atoms with E-state index < -0.39 is 39.7 Å². The number of likely N-dealkylation sites (N-methyl/N-ethyl adjacent to an activating group) is 1. The third-order valence-electron chi connectivity index (χ3n) is 9.84. The summed E-state index contributed by atoms with van der Waals surface area (Å²) in [6.07, 6.45) is 9.18. The molecule has 0 aromatic heterocycles. The maximum absolute atomic E-state index is 14.3. The zero-order valence-corrected chi connectivity index (χ0v) is 33.8. The normalized spacial score (nSPS) is 17.7. The zero-order chi connectivity index (χ0) is 40.2. The van der Waals surface area contributed by atoms with Crippen molar-refractivity contribution in [1.82, 2.24) is 14.9 Å². The molecule has 2 aromatic rings. The van der Waals surface area contributed by atoms with Crippen LogP contribution in [-0.2, 0) is 30.8 Å². The lowest BCUT2D eigenvalue weighted by Crippen LogP contribution is -2.45. The van der Waals surface area contributed by atoms with Gasteiger partial charge in [0.15, 0.2) is 11.6 Å². The van der Waals surface area contributed by atoms with Crippen molar-refractivity contribution in [3.8, 4) is 28.7 Å². The lowest BCUT2D eigenvalue weighted by Gasteiger charge is -2.29. The highest BCUT2D eigenvalue weighted by molar-refractivity contribution is 7.89. The van der Waals surface area contributed by atoms with Crippen molar-refractivity contribution in [2.75, 3.05) is 52.2 Å². The number of amides is 1. The lowest BCUT2D eigenvalue weighted by molar-refractivity contribution is -0.132. The number of carbonyl (C=O) groups is 3. The Morgan fingerprint density at radius 3 is 2.18 bits per heavy atom. The molecule has 55 heavy (non-hydrogen) atoms. The van der Waals surface area contributed by atoms with Crippen molar-refractivity contribution in [3.05, 3.63) is 47.5 Å². The van der Waals surface area contributed by atoms with E-state index in [0.717, 1.165) is 23.6 Å². The average Bonchev–Trinajstić information content (AvgIpc) is 3.17. The Labute approximate surface area is 327 Å². The molecule has 4 bridgehead atoms. The molecule has 0 fully saturated rings. The van der Waals surface area contributed by atoms with Crippen LogP contribution in [0.4, 0.5) is 0 Å². The quantitative estimate of drug-likeness (QED) is 0.115. The van der Waals surface area contributed by atoms with Crippen LogP contribution in [0.3, 0.4) is 0 Å². The van der Waals surface area contributed by atoms with Gasteiger partial charge in [-0.15, -0.1) is 0 Å². The zero-order valence-electron chi connectivity index (χ0n) is 32.9. The molecule has 1 aliphatic heterocycles. The summed E-state index contributed by atoms with van der Waals surface area (Å²) in [6.45, 7) is 5.56. The van der Waals surface area contributed by atoms with Gasteiger partial charge in [-0.3, -0.25) is 14.4 Å². The molecule has 3 atom stereocenters. The Morgan fingerprint density at radius 1 is 0.927 bits per heavy atom.